The average molecular weight is 272 g/mol. The molecule has 0 aromatic carbocycles. The van der Waals surface area contributed by atoms with E-state index in [0.29, 0.717) is 18.4 Å². The molecule has 0 bridgehead atoms. The van der Waals surface area contributed by atoms with Crippen LogP contribution in [0.1, 0.15) is 40.5 Å². The molecular weight excluding hydrogens is 248 g/mol. The van der Waals surface area contributed by atoms with Gasteiger partial charge in [-0.1, -0.05) is 13.8 Å². The van der Waals surface area contributed by atoms with Gasteiger partial charge in [0.2, 0.25) is 0 Å². The first-order chi connectivity index (χ1) is 8.78. The predicted octanol–water partition coefficient (Wildman–Crippen LogP) is 2.77. The molecule has 0 heterocycles. The van der Waals surface area contributed by atoms with Crippen molar-refractivity contribution >= 4 is 12.1 Å². The second-order valence-electron chi connectivity index (χ2n) is 5.77. The van der Waals surface area contributed by atoms with Gasteiger partial charge in [0.1, 0.15) is 6.10 Å². The van der Waals surface area contributed by atoms with E-state index in [-0.39, 0.29) is 17.5 Å². The van der Waals surface area contributed by atoms with E-state index < -0.39 is 6.16 Å². The molecule has 0 N–H and O–H groups in total. The van der Waals surface area contributed by atoms with Crippen LogP contribution in [0.25, 0.3) is 0 Å². The van der Waals surface area contributed by atoms with E-state index in [4.69, 9.17) is 9.47 Å². The van der Waals surface area contributed by atoms with Gasteiger partial charge in [-0.15, -0.1) is 0 Å². The van der Waals surface area contributed by atoms with Crippen molar-refractivity contribution in [2.45, 2.75) is 46.6 Å². The van der Waals surface area contributed by atoms with Crippen molar-refractivity contribution in [3.63, 3.8) is 0 Å². The summed E-state index contributed by atoms with van der Waals surface area (Å²) in [6, 6.07) is 0. The monoisotopic (exact) mass is 272 g/mol. The smallest absolute Gasteiger partial charge is 0.463 e. The van der Waals surface area contributed by atoms with Crippen molar-refractivity contribution in [2.24, 2.45) is 17.3 Å². The highest BCUT2D eigenvalue weighted by molar-refractivity contribution is 5.66. The second-order valence-corrected chi connectivity index (χ2v) is 5.77. The first kappa shape index (κ1) is 15.8. The predicted molar refractivity (Wildman–Crippen MR) is 69.6 cm³/mol. The number of hydrogen-bond acceptors (Lipinski definition) is 5. The minimum atomic E-state index is -0.637. The number of rotatable bonds is 5. The molecule has 110 valence electrons. The minimum absolute atomic E-state index is 0.0646. The highest BCUT2D eigenvalue weighted by Gasteiger charge is 2.50. The largest absolute Gasteiger partial charge is 0.507 e. The van der Waals surface area contributed by atoms with E-state index in [0.717, 1.165) is 12.8 Å². The average Bonchev–Trinajstić information content (AvgIpc) is 2.31. The molecule has 0 amide bonds. The number of ether oxygens (including phenoxy) is 3. The summed E-state index contributed by atoms with van der Waals surface area (Å²) in [6.45, 7) is 8.09. The molecule has 0 radical (unpaired) electrons. The maximum atomic E-state index is 11.0. The van der Waals surface area contributed by atoms with E-state index >= 15 is 0 Å². The first-order valence-corrected chi connectivity index (χ1v) is 6.67. The van der Waals surface area contributed by atoms with E-state index in [1.165, 1.54) is 14.0 Å². The molecule has 0 aliphatic heterocycles. The van der Waals surface area contributed by atoms with E-state index in [1.54, 1.807) is 0 Å². The van der Waals surface area contributed by atoms with Crippen molar-refractivity contribution in [1.29, 1.82) is 0 Å². The Kier molecular flexibility index (Phi) is 5.20. The minimum Gasteiger partial charge on any atom is -0.463 e. The summed E-state index contributed by atoms with van der Waals surface area (Å²) in [5.41, 5.74) is 0.0916. The van der Waals surface area contributed by atoms with Crippen LogP contribution < -0.4 is 0 Å². The van der Waals surface area contributed by atoms with Gasteiger partial charge in [0.05, 0.1) is 13.7 Å². The van der Waals surface area contributed by atoms with Crippen molar-refractivity contribution < 1.29 is 23.8 Å². The number of methoxy groups -OCH3 is 1. The maximum Gasteiger partial charge on any atom is 0.507 e. The Hall–Kier alpha value is -1.26. The fourth-order valence-corrected chi connectivity index (χ4v) is 3.03. The van der Waals surface area contributed by atoms with E-state index in [9.17, 15) is 9.59 Å². The summed E-state index contributed by atoms with van der Waals surface area (Å²) in [5, 5.41) is 0. The summed E-state index contributed by atoms with van der Waals surface area (Å²) in [6.07, 6.45) is 1.10. The van der Waals surface area contributed by atoms with Gasteiger partial charge in [-0.25, -0.2) is 4.79 Å². The van der Waals surface area contributed by atoms with Gasteiger partial charge in [0, 0.05) is 12.8 Å². The molecule has 1 fully saturated rings. The fraction of sp³-hybridized carbons (Fsp3) is 0.857. The highest BCUT2D eigenvalue weighted by atomic mass is 16.7. The van der Waals surface area contributed by atoms with Crippen molar-refractivity contribution in [1.82, 2.24) is 0 Å². The Morgan fingerprint density at radius 2 is 2.00 bits per heavy atom. The third-order valence-corrected chi connectivity index (χ3v) is 4.32. The topological polar surface area (TPSA) is 61.8 Å². The van der Waals surface area contributed by atoms with Crippen LogP contribution in [-0.2, 0) is 19.0 Å². The Balaban J connectivity index is 2.37. The normalized spacial score (nSPS) is 25.9. The van der Waals surface area contributed by atoms with Crippen LogP contribution in [0, 0.1) is 17.3 Å². The molecule has 1 saturated carbocycles. The molecule has 1 rings (SSSR count). The molecule has 0 aromatic heterocycles. The van der Waals surface area contributed by atoms with Gasteiger partial charge in [-0.3, -0.25) is 4.79 Å². The zero-order valence-corrected chi connectivity index (χ0v) is 12.4. The lowest BCUT2D eigenvalue weighted by atomic mass is 9.52. The van der Waals surface area contributed by atoms with Crippen molar-refractivity contribution in [2.75, 3.05) is 13.7 Å². The third kappa shape index (κ3) is 3.85. The van der Waals surface area contributed by atoms with Gasteiger partial charge in [0.15, 0.2) is 0 Å². The Labute approximate surface area is 114 Å². The molecule has 19 heavy (non-hydrogen) atoms. The summed E-state index contributed by atoms with van der Waals surface area (Å²) in [7, 11) is 1.30. The number of hydrogen-bond donors (Lipinski definition) is 0. The SMILES string of the molecule is COC(=O)OCC[C@H]1C[C@@H]([C@H](C)OC(C)=O)C1(C)C. The molecule has 0 aromatic rings. The van der Waals surface area contributed by atoms with Gasteiger partial charge in [-0.2, -0.15) is 0 Å². The highest BCUT2D eigenvalue weighted by Crippen LogP contribution is 2.54. The van der Waals surface area contributed by atoms with Crippen LogP contribution in [0.4, 0.5) is 4.79 Å². The maximum absolute atomic E-state index is 11.0. The zero-order valence-electron chi connectivity index (χ0n) is 12.4. The molecule has 0 spiro atoms. The number of carbonyl (C=O) groups is 2. The molecule has 0 unspecified atom stereocenters. The third-order valence-electron chi connectivity index (χ3n) is 4.32. The zero-order chi connectivity index (χ0) is 14.6. The van der Waals surface area contributed by atoms with Gasteiger partial charge in [-0.05, 0) is 31.1 Å². The van der Waals surface area contributed by atoms with Crippen LogP contribution in [-0.4, -0.2) is 31.9 Å². The molecule has 3 atom stereocenters. The van der Waals surface area contributed by atoms with Crippen LogP contribution in [0.15, 0.2) is 0 Å². The molecule has 1 aliphatic carbocycles. The van der Waals surface area contributed by atoms with E-state index in [1.807, 2.05) is 6.92 Å². The standard InChI is InChI=1S/C14H24O5/c1-9(19-10(2)15)12-8-11(14(12,3)4)6-7-18-13(16)17-5/h9,11-12H,6-8H2,1-5H3/t9-,11-,12-/m0/s1. The molecule has 1 aliphatic rings. The molecule has 0 saturated heterocycles. The lowest BCUT2D eigenvalue weighted by molar-refractivity contribution is -0.162. The Morgan fingerprint density at radius 3 is 2.47 bits per heavy atom. The lowest BCUT2D eigenvalue weighted by Crippen LogP contribution is -2.51. The quantitative estimate of drug-likeness (QED) is 0.720. The summed E-state index contributed by atoms with van der Waals surface area (Å²) in [5.74, 6) is 0.598. The number of carbonyl (C=O) groups excluding carboxylic acids is 2. The van der Waals surface area contributed by atoms with Crippen LogP contribution in [0.5, 0.6) is 0 Å². The Bertz CT molecular complexity index is 337. The van der Waals surface area contributed by atoms with Crippen LogP contribution in [0.3, 0.4) is 0 Å². The van der Waals surface area contributed by atoms with Crippen molar-refractivity contribution in [3.8, 4) is 0 Å². The summed E-state index contributed by atoms with van der Waals surface area (Å²) >= 11 is 0. The van der Waals surface area contributed by atoms with Crippen LogP contribution in [0.2, 0.25) is 0 Å². The van der Waals surface area contributed by atoms with Gasteiger partial charge in [0.25, 0.3) is 0 Å². The summed E-state index contributed by atoms with van der Waals surface area (Å²) in [4.78, 5) is 21.8. The van der Waals surface area contributed by atoms with Crippen molar-refractivity contribution in [3.05, 3.63) is 0 Å². The molecule has 5 heteroatoms. The molecular formula is C14H24O5. The number of esters is 1. The summed E-state index contributed by atoms with van der Waals surface area (Å²) < 4.78 is 14.6. The second kappa shape index (κ2) is 6.26. The Morgan fingerprint density at radius 1 is 1.37 bits per heavy atom. The van der Waals surface area contributed by atoms with Gasteiger partial charge < -0.3 is 14.2 Å². The fourth-order valence-electron chi connectivity index (χ4n) is 3.03. The lowest BCUT2D eigenvalue weighted by Gasteiger charge is -2.54. The molecule has 5 nitrogen and oxygen atoms in total. The van der Waals surface area contributed by atoms with Crippen LogP contribution >= 0.6 is 0 Å². The first-order valence-electron chi connectivity index (χ1n) is 6.67. The van der Waals surface area contributed by atoms with Gasteiger partial charge >= 0.3 is 12.1 Å². The van der Waals surface area contributed by atoms with E-state index in [2.05, 4.69) is 18.6 Å².